The number of likely N-dealkylation sites (N-methyl/N-ethyl adjacent to an activating group) is 1. The van der Waals surface area contributed by atoms with Crippen molar-refractivity contribution in [2.75, 3.05) is 32.5 Å². The van der Waals surface area contributed by atoms with Gasteiger partial charge in [-0.05, 0) is 6.92 Å². The minimum Gasteiger partial charge on any atom is -0.394 e. The van der Waals surface area contributed by atoms with Gasteiger partial charge in [0.1, 0.15) is 0 Å². The maximum atomic E-state index is 11.7. The molecule has 0 spiro atoms. The van der Waals surface area contributed by atoms with E-state index in [0.29, 0.717) is 13.0 Å². The molecule has 1 N–H and O–H groups in total. The second-order valence-electron chi connectivity index (χ2n) is 3.89. The predicted octanol–water partition coefficient (Wildman–Crippen LogP) is 0.385. The van der Waals surface area contributed by atoms with Crippen LogP contribution in [0.15, 0.2) is 0 Å². The Kier molecular flexibility index (Phi) is 5.08. The van der Waals surface area contributed by atoms with E-state index in [2.05, 4.69) is 0 Å². The van der Waals surface area contributed by atoms with Crippen LogP contribution in [0.2, 0.25) is 0 Å². The van der Waals surface area contributed by atoms with E-state index in [-0.39, 0.29) is 23.8 Å². The molecular weight excluding hydrogens is 228 g/mol. The van der Waals surface area contributed by atoms with E-state index in [9.17, 15) is 9.59 Å². The number of hydrogen-bond donors (Lipinski definition) is 1. The van der Waals surface area contributed by atoms with E-state index in [1.54, 1.807) is 18.9 Å². The van der Waals surface area contributed by atoms with Crippen LogP contribution >= 0.6 is 11.8 Å². The molecule has 5 nitrogen and oxygen atoms in total. The summed E-state index contributed by atoms with van der Waals surface area (Å²) in [5.74, 6) is 0.780. The van der Waals surface area contributed by atoms with Crippen molar-refractivity contribution < 1.29 is 14.7 Å². The Hall–Kier alpha value is -0.750. The van der Waals surface area contributed by atoms with Gasteiger partial charge in [-0.2, -0.15) is 0 Å². The second kappa shape index (κ2) is 6.10. The SMILES string of the molecule is CC(CO)N(C)C(=O)CCN1CCSC1=O. The number of carbonyl (C=O) groups excluding carboxylic acids is 2. The molecule has 1 fully saturated rings. The predicted molar refractivity (Wildman–Crippen MR) is 63.4 cm³/mol. The Morgan fingerprint density at radius 2 is 2.38 bits per heavy atom. The summed E-state index contributed by atoms with van der Waals surface area (Å²) in [6.07, 6.45) is 0.327. The minimum atomic E-state index is -0.170. The minimum absolute atomic E-state index is 0.0359. The van der Waals surface area contributed by atoms with Crippen molar-refractivity contribution in [2.45, 2.75) is 19.4 Å². The van der Waals surface area contributed by atoms with Gasteiger partial charge >= 0.3 is 0 Å². The fourth-order valence-corrected chi connectivity index (χ4v) is 2.26. The van der Waals surface area contributed by atoms with Gasteiger partial charge in [-0.15, -0.1) is 0 Å². The van der Waals surface area contributed by atoms with Crippen molar-refractivity contribution in [3.8, 4) is 0 Å². The van der Waals surface area contributed by atoms with Gasteiger partial charge in [0.25, 0.3) is 5.24 Å². The van der Waals surface area contributed by atoms with E-state index in [1.807, 2.05) is 0 Å². The summed E-state index contributed by atoms with van der Waals surface area (Å²) in [6, 6.07) is -0.170. The third-order valence-corrected chi connectivity index (χ3v) is 3.65. The van der Waals surface area contributed by atoms with Crippen molar-refractivity contribution in [1.29, 1.82) is 0 Å². The highest BCUT2D eigenvalue weighted by atomic mass is 32.2. The standard InChI is InChI=1S/C10H18N2O3S/c1-8(7-13)11(2)9(14)3-4-12-5-6-16-10(12)15/h8,13H,3-7H2,1-2H3. The van der Waals surface area contributed by atoms with Crippen LogP contribution in [0.5, 0.6) is 0 Å². The van der Waals surface area contributed by atoms with Crippen LogP contribution < -0.4 is 0 Å². The maximum absolute atomic E-state index is 11.7. The molecule has 1 rings (SSSR count). The number of aliphatic hydroxyl groups is 1. The van der Waals surface area contributed by atoms with Gasteiger partial charge < -0.3 is 14.9 Å². The lowest BCUT2D eigenvalue weighted by atomic mass is 10.2. The van der Waals surface area contributed by atoms with E-state index in [4.69, 9.17) is 5.11 Å². The zero-order valence-corrected chi connectivity index (χ0v) is 10.5. The van der Waals surface area contributed by atoms with Crippen LogP contribution in [-0.4, -0.2) is 64.6 Å². The molecule has 92 valence electrons. The number of carbonyl (C=O) groups is 2. The summed E-state index contributed by atoms with van der Waals surface area (Å²) in [6.45, 7) is 2.96. The van der Waals surface area contributed by atoms with Gasteiger partial charge in [0.2, 0.25) is 5.91 Å². The highest BCUT2D eigenvalue weighted by Crippen LogP contribution is 2.17. The largest absolute Gasteiger partial charge is 0.394 e. The molecule has 0 aliphatic carbocycles. The molecule has 2 amide bonds. The average molecular weight is 246 g/mol. The van der Waals surface area contributed by atoms with Gasteiger partial charge in [-0.3, -0.25) is 9.59 Å². The highest BCUT2D eigenvalue weighted by molar-refractivity contribution is 8.13. The maximum Gasteiger partial charge on any atom is 0.281 e. The molecular formula is C10H18N2O3S. The lowest BCUT2D eigenvalue weighted by Crippen LogP contribution is -2.39. The Morgan fingerprint density at radius 3 is 2.88 bits per heavy atom. The fraction of sp³-hybridized carbons (Fsp3) is 0.800. The second-order valence-corrected chi connectivity index (χ2v) is 4.93. The van der Waals surface area contributed by atoms with Gasteiger partial charge in [-0.1, -0.05) is 11.8 Å². The van der Waals surface area contributed by atoms with Gasteiger partial charge in [0, 0.05) is 32.3 Å². The Labute approximate surface area is 99.8 Å². The molecule has 0 aromatic rings. The molecule has 1 atom stereocenters. The topological polar surface area (TPSA) is 60.9 Å². The first kappa shape index (κ1) is 13.3. The third-order valence-electron chi connectivity index (χ3n) is 2.76. The lowest BCUT2D eigenvalue weighted by Gasteiger charge is -2.24. The summed E-state index contributed by atoms with van der Waals surface area (Å²) >= 11 is 1.30. The molecule has 16 heavy (non-hydrogen) atoms. The van der Waals surface area contributed by atoms with Crippen LogP contribution in [-0.2, 0) is 4.79 Å². The molecule has 0 aromatic carbocycles. The summed E-state index contributed by atoms with van der Waals surface area (Å²) in [5, 5.41) is 8.97. The Bertz CT molecular complexity index is 273. The third kappa shape index (κ3) is 3.38. The quantitative estimate of drug-likeness (QED) is 0.762. The molecule has 0 saturated carbocycles. The first-order chi connectivity index (χ1) is 7.56. The molecule has 1 saturated heterocycles. The van der Waals surface area contributed by atoms with Crippen molar-refractivity contribution in [3.05, 3.63) is 0 Å². The van der Waals surface area contributed by atoms with Gasteiger partial charge in [0.05, 0.1) is 12.6 Å². The normalized spacial score (nSPS) is 17.7. The first-order valence-corrected chi connectivity index (χ1v) is 6.33. The zero-order chi connectivity index (χ0) is 12.1. The Morgan fingerprint density at radius 1 is 1.69 bits per heavy atom. The van der Waals surface area contributed by atoms with Crippen molar-refractivity contribution >= 4 is 22.9 Å². The number of amides is 2. The number of nitrogens with zero attached hydrogens (tertiary/aromatic N) is 2. The van der Waals surface area contributed by atoms with Gasteiger partial charge in [0.15, 0.2) is 0 Å². The zero-order valence-electron chi connectivity index (χ0n) is 9.68. The number of aliphatic hydroxyl groups excluding tert-OH is 1. The molecule has 1 aliphatic heterocycles. The van der Waals surface area contributed by atoms with Crippen LogP contribution in [0.3, 0.4) is 0 Å². The van der Waals surface area contributed by atoms with E-state index in [1.165, 1.54) is 16.7 Å². The number of hydrogen-bond acceptors (Lipinski definition) is 4. The van der Waals surface area contributed by atoms with Crippen LogP contribution in [0.25, 0.3) is 0 Å². The molecule has 1 unspecified atom stereocenters. The lowest BCUT2D eigenvalue weighted by molar-refractivity contribution is -0.132. The molecule has 1 heterocycles. The van der Waals surface area contributed by atoms with Crippen LogP contribution in [0, 0.1) is 0 Å². The number of thioether (sulfide) groups is 1. The molecule has 0 radical (unpaired) electrons. The average Bonchev–Trinajstić information content (AvgIpc) is 2.69. The molecule has 1 aliphatic rings. The molecule has 6 heteroatoms. The fourth-order valence-electron chi connectivity index (χ4n) is 1.40. The van der Waals surface area contributed by atoms with Crippen molar-refractivity contribution in [3.63, 3.8) is 0 Å². The van der Waals surface area contributed by atoms with Crippen molar-refractivity contribution in [1.82, 2.24) is 9.80 Å². The smallest absolute Gasteiger partial charge is 0.281 e. The summed E-state index contributed by atoms with van der Waals surface area (Å²) in [4.78, 5) is 26.2. The molecule has 0 aromatic heterocycles. The van der Waals surface area contributed by atoms with Crippen LogP contribution in [0.4, 0.5) is 4.79 Å². The highest BCUT2D eigenvalue weighted by Gasteiger charge is 2.22. The van der Waals surface area contributed by atoms with Crippen LogP contribution in [0.1, 0.15) is 13.3 Å². The molecule has 0 bridgehead atoms. The Balaban J connectivity index is 2.31. The van der Waals surface area contributed by atoms with Crippen molar-refractivity contribution in [2.24, 2.45) is 0 Å². The van der Waals surface area contributed by atoms with E-state index >= 15 is 0 Å². The summed E-state index contributed by atoms with van der Waals surface area (Å²) in [5.41, 5.74) is 0. The number of rotatable bonds is 5. The summed E-state index contributed by atoms with van der Waals surface area (Å²) < 4.78 is 0. The summed E-state index contributed by atoms with van der Waals surface area (Å²) in [7, 11) is 1.67. The van der Waals surface area contributed by atoms with E-state index in [0.717, 1.165) is 12.3 Å². The van der Waals surface area contributed by atoms with Gasteiger partial charge in [-0.25, -0.2) is 0 Å². The van der Waals surface area contributed by atoms with E-state index < -0.39 is 0 Å². The first-order valence-electron chi connectivity index (χ1n) is 5.34. The monoisotopic (exact) mass is 246 g/mol.